The normalized spacial score (nSPS) is 9.67. The maximum Gasteiger partial charge on any atom is 0.195 e. The van der Waals surface area contributed by atoms with Crippen LogP contribution < -0.4 is 0 Å². The second-order valence-electron chi connectivity index (χ2n) is 4.52. The van der Waals surface area contributed by atoms with Crippen molar-refractivity contribution in [2.75, 3.05) is 34.7 Å². The third kappa shape index (κ3) is 4.47. The largest absolute Gasteiger partial charge is 0.361 e. The zero-order valence-electron chi connectivity index (χ0n) is 12.0. The molecule has 18 heavy (non-hydrogen) atoms. The van der Waals surface area contributed by atoms with E-state index in [1.165, 1.54) is 5.56 Å². The average molecular weight is 366 g/mol. The summed E-state index contributed by atoms with van der Waals surface area (Å²) in [5.74, 6) is 1.87. The van der Waals surface area contributed by atoms with Crippen LogP contribution in [0.1, 0.15) is 17.0 Å². The molecule has 5 nitrogen and oxygen atoms in total. The van der Waals surface area contributed by atoms with E-state index in [2.05, 4.69) is 10.1 Å². The van der Waals surface area contributed by atoms with Crippen molar-refractivity contribution in [2.24, 2.45) is 4.99 Å². The standard InChI is InChI=1S/C12H22N4O.HI/c1-9-11(10(2)17-14-9)7-8-13-12(15(3)4)16(5)6;/h7-8H2,1-6H3;1H. The first kappa shape index (κ1) is 17.2. The third-order valence-electron chi connectivity index (χ3n) is 2.60. The first-order valence-corrected chi connectivity index (χ1v) is 5.74. The Hall–Kier alpha value is -0.790. The van der Waals surface area contributed by atoms with Crippen molar-refractivity contribution in [1.29, 1.82) is 0 Å². The van der Waals surface area contributed by atoms with Gasteiger partial charge in [-0.15, -0.1) is 24.0 Å². The summed E-state index contributed by atoms with van der Waals surface area (Å²) in [5, 5.41) is 3.94. The molecule has 1 aromatic heterocycles. The topological polar surface area (TPSA) is 44.9 Å². The fourth-order valence-electron chi connectivity index (χ4n) is 1.81. The van der Waals surface area contributed by atoms with Crippen molar-refractivity contribution in [2.45, 2.75) is 20.3 Å². The Kier molecular flexibility index (Phi) is 7.27. The molecule has 0 amide bonds. The Morgan fingerprint density at radius 2 is 1.72 bits per heavy atom. The van der Waals surface area contributed by atoms with Gasteiger partial charge < -0.3 is 14.3 Å². The molecule has 0 unspecified atom stereocenters. The molecule has 0 aromatic carbocycles. The van der Waals surface area contributed by atoms with E-state index in [1.54, 1.807) is 0 Å². The summed E-state index contributed by atoms with van der Waals surface area (Å²) < 4.78 is 5.13. The molecule has 0 fully saturated rings. The van der Waals surface area contributed by atoms with Gasteiger partial charge in [0.1, 0.15) is 5.76 Å². The minimum absolute atomic E-state index is 0. The summed E-state index contributed by atoms with van der Waals surface area (Å²) in [6, 6.07) is 0. The number of aromatic nitrogens is 1. The highest BCUT2D eigenvalue weighted by atomic mass is 127. The predicted molar refractivity (Wildman–Crippen MR) is 84.8 cm³/mol. The second kappa shape index (κ2) is 7.60. The number of aliphatic imine (C=N–C) groups is 1. The van der Waals surface area contributed by atoms with E-state index in [-0.39, 0.29) is 24.0 Å². The molecular formula is C12H23IN4O. The molecule has 0 aliphatic heterocycles. The Labute approximate surface area is 126 Å². The van der Waals surface area contributed by atoms with Gasteiger partial charge in [0.25, 0.3) is 0 Å². The fraction of sp³-hybridized carbons (Fsp3) is 0.667. The van der Waals surface area contributed by atoms with E-state index in [0.29, 0.717) is 0 Å². The van der Waals surface area contributed by atoms with Crippen LogP contribution in [0.5, 0.6) is 0 Å². The van der Waals surface area contributed by atoms with Crippen molar-refractivity contribution in [3.05, 3.63) is 17.0 Å². The summed E-state index contributed by atoms with van der Waals surface area (Å²) in [5.41, 5.74) is 2.14. The number of hydrogen-bond acceptors (Lipinski definition) is 3. The van der Waals surface area contributed by atoms with Crippen LogP contribution in [0.2, 0.25) is 0 Å². The molecule has 104 valence electrons. The zero-order chi connectivity index (χ0) is 13.0. The van der Waals surface area contributed by atoms with Gasteiger partial charge in [-0.3, -0.25) is 4.99 Å². The van der Waals surface area contributed by atoms with Crippen LogP contribution in [-0.4, -0.2) is 55.7 Å². The Morgan fingerprint density at radius 3 is 2.11 bits per heavy atom. The Bertz CT molecular complexity index is 369. The number of nitrogens with zero attached hydrogens (tertiary/aromatic N) is 4. The van der Waals surface area contributed by atoms with Gasteiger partial charge in [-0.05, 0) is 20.3 Å². The van der Waals surface area contributed by atoms with Crippen molar-refractivity contribution in [1.82, 2.24) is 15.0 Å². The van der Waals surface area contributed by atoms with Crippen LogP contribution >= 0.6 is 24.0 Å². The van der Waals surface area contributed by atoms with Crippen LogP contribution in [0.3, 0.4) is 0 Å². The van der Waals surface area contributed by atoms with Crippen LogP contribution in [0.4, 0.5) is 0 Å². The molecular weight excluding hydrogens is 343 g/mol. The zero-order valence-corrected chi connectivity index (χ0v) is 14.3. The lowest BCUT2D eigenvalue weighted by molar-refractivity contribution is 0.392. The molecule has 1 heterocycles. The lowest BCUT2D eigenvalue weighted by Crippen LogP contribution is -2.35. The van der Waals surface area contributed by atoms with Crippen LogP contribution in [0.25, 0.3) is 0 Å². The van der Waals surface area contributed by atoms with Crippen LogP contribution in [0.15, 0.2) is 9.52 Å². The van der Waals surface area contributed by atoms with Gasteiger partial charge in [0.05, 0.1) is 5.69 Å². The minimum atomic E-state index is 0. The molecule has 0 radical (unpaired) electrons. The average Bonchev–Trinajstić information content (AvgIpc) is 2.53. The third-order valence-corrected chi connectivity index (χ3v) is 2.60. The number of hydrogen-bond donors (Lipinski definition) is 0. The molecule has 0 bridgehead atoms. The minimum Gasteiger partial charge on any atom is -0.361 e. The molecule has 6 heteroatoms. The number of guanidine groups is 1. The molecule has 0 atom stereocenters. The number of aryl methyl sites for hydroxylation is 2. The molecule has 1 rings (SSSR count). The molecule has 0 saturated heterocycles. The SMILES string of the molecule is Cc1noc(C)c1CCN=C(N(C)C)N(C)C.I. The fourth-order valence-corrected chi connectivity index (χ4v) is 1.81. The van der Waals surface area contributed by atoms with E-state index in [4.69, 9.17) is 4.52 Å². The summed E-state index contributed by atoms with van der Waals surface area (Å²) in [4.78, 5) is 8.59. The molecule has 0 aliphatic rings. The smallest absolute Gasteiger partial charge is 0.195 e. The van der Waals surface area contributed by atoms with E-state index >= 15 is 0 Å². The van der Waals surface area contributed by atoms with Gasteiger partial charge in [-0.1, -0.05) is 5.16 Å². The second-order valence-corrected chi connectivity index (χ2v) is 4.52. The van der Waals surface area contributed by atoms with Crippen LogP contribution in [0, 0.1) is 13.8 Å². The summed E-state index contributed by atoms with van der Waals surface area (Å²) in [6.07, 6.45) is 0.867. The molecule has 1 aromatic rings. The Balaban J connectivity index is 0.00000289. The van der Waals surface area contributed by atoms with Crippen molar-refractivity contribution >= 4 is 29.9 Å². The van der Waals surface area contributed by atoms with Gasteiger partial charge in [0.15, 0.2) is 5.96 Å². The lowest BCUT2D eigenvalue weighted by atomic mass is 10.1. The van der Waals surface area contributed by atoms with Crippen molar-refractivity contribution in [3.8, 4) is 0 Å². The molecule has 0 saturated carbocycles. The number of halogens is 1. The highest BCUT2D eigenvalue weighted by Crippen LogP contribution is 2.12. The Morgan fingerprint density at radius 1 is 1.17 bits per heavy atom. The van der Waals surface area contributed by atoms with Gasteiger partial charge >= 0.3 is 0 Å². The van der Waals surface area contributed by atoms with Crippen molar-refractivity contribution in [3.63, 3.8) is 0 Å². The number of rotatable bonds is 3. The van der Waals surface area contributed by atoms with E-state index in [9.17, 15) is 0 Å². The molecule has 0 spiro atoms. The molecule has 0 aliphatic carbocycles. The van der Waals surface area contributed by atoms with Gasteiger partial charge in [-0.25, -0.2) is 0 Å². The van der Waals surface area contributed by atoms with E-state index in [0.717, 1.165) is 30.4 Å². The van der Waals surface area contributed by atoms with E-state index < -0.39 is 0 Å². The first-order chi connectivity index (χ1) is 7.93. The maximum absolute atomic E-state index is 5.13. The van der Waals surface area contributed by atoms with Crippen LogP contribution in [-0.2, 0) is 6.42 Å². The van der Waals surface area contributed by atoms with Crippen molar-refractivity contribution < 1.29 is 4.52 Å². The van der Waals surface area contributed by atoms with Gasteiger partial charge in [0.2, 0.25) is 0 Å². The quantitative estimate of drug-likeness (QED) is 0.466. The van der Waals surface area contributed by atoms with Gasteiger partial charge in [0, 0.05) is 40.3 Å². The summed E-state index contributed by atoms with van der Waals surface area (Å²) in [7, 11) is 7.98. The maximum atomic E-state index is 5.13. The summed E-state index contributed by atoms with van der Waals surface area (Å²) in [6.45, 7) is 4.65. The van der Waals surface area contributed by atoms with Gasteiger partial charge in [-0.2, -0.15) is 0 Å². The summed E-state index contributed by atoms with van der Waals surface area (Å²) >= 11 is 0. The highest BCUT2D eigenvalue weighted by molar-refractivity contribution is 14.0. The lowest BCUT2D eigenvalue weighted by Gasteiger charge is -2.22. The predicted octanol–water partition coefficient (Wildman–Crippen LogP) is 1.93. The van der Waals surface area contributed by atoms with E-state index in [1.807, 2.05) is 51.8 Å². The first-order valence-electron chi connectivity index (χ1n) is 5.74. The monoisotopic (exact) mass is 366 g/mol. The highest BCUT2D eigenvalue weighted by Gasteiger charge is 2.09. The molecule has 0 N–H and O–H groups in total.